The van der Waals surface area contributed by atoms with Crippen LogP contribution in [-0.2, 0) is 13.6 Å². The topological polar surface area (TPSA) is 93.8 Å². The number of amides is 2. The average Bonchev–Trinajstić information content (AvgIpc) is 2.94. The Morgan fingerprint density at radius 1 is 1.22 bits per heavy atom. The number of urea groups is 1. The lowest BCUT2D eigenvalue weighted by Crippen LogP contribution is -2.34. The lowest BCUT2D eigenvalue weighted by atomic mass is 10.3. The van der Waals surface area contributed by atoms with Gasteiger partial charge in [0.1, 0.15) is 0 Å². The lowest BCUT2D eigenvalue weighted by Gasteiger charge is -2.08. The Bertz CT molecular complexity index is 1020. The summed E-state index contributed by atoms with van der Waals surface area (Å²) in [6, 6.07) is 7.94. The highest BCUT2D eigenvalue weighted by atomic mass is 35.5. The van der Waals surface area contributed by atoms with Gasteiger partial charge in [-0.25, -0.2) is 14.3 Å². The van der Waals surface area contributed by atoms with E-state index in [0.29, 0.717) is 21.6 Å². The SMILES string of the molecule is Cn1c(-c2cccnc2)nn(CCNC(=O)Nc2ccc(Cl)c(Cl)c2)c1=O. The van der Waals surface area contributed by atoms with Gasteiger partial charge in [0.2, 0.25) is 0 Å². The van der Waals surface area contributed by atoms with E-state index in [0.717, 1.165) is 5.56 Å². The minimum atomic E-state index is -0.426. The van der Waals surface area contributed by atoms with Gasteiger partial charge in [-0.15, -0.1) is 5.10 Å². The second-order valence-corrected chi connectivity index (χ2v) is 6.45. The van der Waals surface area contributed by atoms with Gasteiger partial charge >= 0.3 is 11.7 Å². The van der Waals surface area contributed by atoms with Crippen LogP contribution in [0.4, 0.5) is 10.5 Å². The van der Waals surface area contributed by atoms with Crippen molar-refractivity contribution in [2.24, 2.45) is 7.05 Å². The summed E-state index contributed by atoms with van der Waals surface area (Å²) < 4.78 is 2.73. The molecule has 0 unspecified atom stereocenters. The summed E-state index contributed by atoms with van der Waals surface area (Å²) in [5.74, 6) is 0.508. The second-order valence-electron chi connectivity index (χ2n) is 5.64. The number of benzene rings is 1. The van der Waals surface area contributed by atoms with Gasteiger partial charge < -0.3 is 10.6 Å². The van der Waals surface area contributed by atoms with Crippen molar-refractivity contribution in [3.05, 3.63) is 63.3 Å². The molecule has 27 heavy (non-hydrogen) atoms. The maximum absolute atomic E-state index is 12.3. The first kappa shape index (κ1) is 18.9. The van der Waals surface area contributed by atoms with E-state index in [1.165, 1.54) is 9.25 Å². The number of pyridine rings is 1. The predicted octanol–water partition coefficient (Wildman–Crippen LogP) is 2.77. The third kappa shape index (κ3) is 4.47. The van der Waals surface area contributed by atoms with Crippen LogP contribution in [0.25, 0.3) is 11.4 Å². The Hall–Kier alpha value is -2.84. The molecule has 0 aliphatic carbocycles. The fourth-order valence-corrected chi connectivity index (χ4v) is 2.70. The zero-order valence-electron chi connectivity index (χ0n) is 14.3. The van der Waals surface area contributed by atoms with Crippen LogP contribution in [0, 0.1) is 0 Å². The molecule has 10 heteroatoms. The highest BCUT2D eigenvalue weighted by Gasteiger charge is 2.12. The van der Waals surface area contributed by atoms with Gasteiger partial charge in [0.15, 0.2) is 5.82 Å². The summed E-state index contributed by atoms with van der Waals surface area (Å²) in [5.41, 5.74) is 0.970. The molecule has 140 valence electrons. The number of nitrogens with zero attached hydrogens (tertiary/aromatic N) is 4. The zero-order valence-corrected chi connectivity index (χ0v) is 15.8. The molecule has 0 saturated carbocycles. The molecular weight excluding hydrogens is 391 g/mol. The summed E-state index contributed by atoms with van der Waals surface area (Å²) in [6.07, 6.45) is 3.28. The van der Waals surface area contributed by atoms with E-state index in [1.54, 1.807) is 43.7 Å². The van der Waals surface area contributed by atoms with Crippen molar-refractivity contribution in [2.45, 2.75) is 6.54 Å². The van der Waals surface area contributed by atoms with E-state index in [-0.39, 0.29) is 18.8 Å². The van der Waals surface area contributed by atoms with E-state index in [4.69, 9.17) is 23.2 Å². The van der Waals surface area contributed by atoms with Gasteiger partial charge in [0.25, 0.3) is 0 Å². The molecule has 0 atom stereocenters. The first-order valence-corrected chi connectivity index (χ1v) is 8.75. The van der Waals surface area contributed by atoms with Crippen molar-refractivity contribution in [2.75, 3.05) is 11.9 Å². The van der Waals surface area contributed by atoms with Gasteiger partial charge in [0.05, 0.1) is 16.6 Å². The molecule has 0 bridgehead atoms. The van der Waals surface area contributed by atoms with Crippen molar-refractivity contribution in [3.8, 4) is 11.4 Å². The van der Waals surface area contributed by atoms with Crippen LogP contribution in [0.2, 0.25) is 10.0 Å². The highest BCUT2D eigenvalue weighted by Crippen LogP contribution is 2.24. The van der Waals surface area contributed by atoms with Crippen LogP contribution >= 0.6 is 23.2 Å². The van der Waals surface area contributed by atoms with E-state index < -0.39 is 6.03 Å². The summed E-state index contributed by atoms with van der Waals surface area (Å²) >= 11 is 11.7. The van der Waals surface area contributed by atoms with Crippen molar-refractivity contribution in [1.82, 2.24) is 24.6 Å². The first-order chi connectivity index (χ1) is 13.0. The maximum atomic E-state index is 12.3. The van der Waals surface area contributed by atoms with Gasteiger partial charge in [-0.05, 0) is 30.3 Å². The van der Waals surface area contributed by atoms with E-state index in [1.807, 2.05) is 6.07 Å². The summed E-state index contributed by atoms with van der Waals surface area (Å²) in [6.45, 7) is 0.443. The van der Waals surface area contributed by atoms with E-state index in [2.05, 4.69) is 20.7 Å². The number of hydrogen-bond acceptors (Lipinski definition) is 4. The Morgan fingerprint density at radius 2 is 2.04 bits per heavy atom. The molecule has 0 radical (unpaired) electrons. The Labute approximate surface area is 164 Å². The molecule has 0 aliphatic heterocycles. The summed E-state index contributed by atoms with van der Waals surface area (Å²) in [5, 5.41) is 10.4. The Balaban J connectivity index is 1.60. The number of aromatic nitrogens is 4. The second kappa shape index (κ2) is 8.24. The molecule has 0 spiro atoms. The highest BCUT2D eigenvalue weighted by molar-refractivity contribution is 6.42. The van der Waals surface area contributed by atoms with Crippen molar-refractivity contribution in [3.63, 3.8) is 0 Å². The lowest BCUT2D eigenvalue weighted by molar-refractivity contribution is 0.251. The molecule has 3 rings (SSSR count). The monoisotopic (exact) mass is 406 g/mol. The van der Waals surface area contributed by atoms with Crippen LogP contribution in [0.1, 0.15) is 0 Å². The first-order valence-electron chi connectivity index (χ1n) is 8.00. The maximum Gasteiger partial charge on any atom is 0.345 e. The van der Waals surface area contributed by atoms with Gasteiger partial charge in [-0.2, -0.15) is 0 Å². The van der Waals surface area contributed by atoms with Gasteiger partial charge in [-0.3, -0.25) is 9.55 Å². The van der Waals surface area contributed by atoms with E-state index >= 15 is 0 Å². The molecule has 2 N–H and O–H groups in total. The van der Waals surface area contributed by atoms with Crippen LogP contribution in [0.3, 0.4) is 0 Å². The minimum Gasteiger partial charge on any atom is -0.336 e. The van der Waals surface area contributed by atoms with Crippen molar-refractivity contribution >= 4 is 34.9 Å². The number of carbonyl (C=O) groups is 1. The predicted molar refractivity (Wildman–Crippen MR) is 104 cm³/mol. The molecule has 0 saturated heterocycles. The van der Waals surface area contributed by atoms with Crippen molar-refractivity contribution in [1.29, 1.82) is 0 Å². The zero-order chi connectivity index (χ0) is 19.4. The molecule has 1 aromatic carbocycles. The minimum absolute atomic E-state index is 0.219. The number of halogens is 2. The quantitative estimate of drug-likeness (QED) is 0.680. The molecule has 8 nitrogen and oxygen atoms in total. The Morgan fingerprint density at radius 3 is 2.74 bits per heavy atom. The molecule has 2 aromatic heterocycles. The summed E-state index contributed by atoms with van der Waals surface area (Å²) in [4.78, 5) is 28.3. The van der Waals surface area contributed by atoms with Crippen LogP contribution < -0.4 is 16.3 Å². The van der Waals surface area contributed by atoms with Crippen LogP contribution in [0.15, 0.2) is 47.5 Å². The van der Waals surface area contributed by atoms with Crippen LogP contribution in [-0.4, -0.2) is 31.9 Å². The normalized spacial score (nSPS) is 10.6. The molecule has 0 fully saturated rings. The number of carbonyl (C=O) groups excluding carboxylic acids is 1. The number of rotatable bonds is 5. The third-order valence-corrected chi connectivity index (χ3v) is 4.49. The summed E-state index contributed by atoms with van der Waals surface area (Å²) in [7, 11) is 1.64. The number of hydrogen-bond donors (Lipinski definition) is 2. The average molecular weight is 407 g/mol. The fourth-order valence-electron chi connectivity index (χ4n) is 2.40. The van der Waals surface area contributed by atoms with Crippen LogP contribution in [0.5, 0.6) is 0 Å². The van der Waals surface area contributed by atoms with E-state index in [9.17, 15) is 9.59 Å². The van der Waals surface area contributed by atoms with Crippen molar-refractivity contribution < 1.29 is 4.79 Å². The number of nitrogens with one attached hydrogen (secondary N) is 2. The smallest absolute Gasteiger partial charge is 0.336 e. The standard InChI is InChI=1S/C17H16Cl2N6O2/c1-24-15(11-3-2-6-20-10-11)23-25(17(24)27)8-7-21-16(26)22-12-4-5-13(18)14(19)9-12/h2-6,9-10H,7-8H2,1H3,(H2,21,22,26). The molecule has 2 heterocycles. The molecular formula is C17H16Cl2N6O2. The third-order valence-electron chi connectivity index (χ3n) is 3.75. The Kier molecular flexibility index (Phi) is 5.78. The van der Waals surface area contributed by atoms with Gasteiger partial charge in [0, 0.05) is 37.2 Å². The molecule has 0 aliphatic rings. The number of anilines is 1. The fraction of sp³-hybridized carbons (Fsp3) is 0.176. The largest absolute Gasteiger partial charge is 0.345 e. The van der Waals surface area contributed by atoms with Gasteiger partial charge in [-0.1, -0.05) is 23.2 Å². The molecule has 2 amide bonds. The molecule has 3 aromatic rings.